The number of hydrogen-bond acceptors (Lipinski definition) is 14. The van der Waals surface area contributed by atoms with Crippen LogP contribution in [0, 0.1) is 35.5 Å². The number of ketones is 3. The molecule has 4 rings (SSSR count). The van der Waals surface area contributed by atoms with Crippen LogP contribution < -0.4 is 4.72 Å². The third-order valence-electron chi connectivity index (χ3n) is 15.8. The van der Waals surface area contributed by atoms with Crippen molar-refractivity contribution in [2.24, 2.45) is 35.5 Å². The number of rotatable bonds is 10. The number of fused-ring (bicyclic) bond motifs is 2. The summed E-state index contributed by atoms with van der Waals surface area (Å²) in [6, 6.07) is -2.13. The van der Waals surface area contributed by atoms with Gasteiger partial charge in [0.1, 0.15) is 30.1 Å². The van der Waals surface area contributed by atoms with Crippen molar-refractivity contribution in [1.29, 1.82) is 0 Å². The lowest BCUT2D eigenvalue weighted by Gasteiger charge is -2.42. The number of sulfonamides is 1. The van der Waals surface area contributed by atoms with E-state index in [2.05, 4.69) is 4.72 Å². The molecule has 4 aliphatic rings. The Hall–Kier alpha value is -3.42. The topological polar surface area (TPSA) is 221 Å². The van der Waals surface area contributed by atoms with Gasteiger partial charge in [-0.05, 0) is 115 Å². The number of aliphatic hydroxyl groups excluding tert-OH is 1. The number of allylic oxidation sites excluding steroid dienone is 6. The second-order valence-electron chi connectivity index (χ2n) is 21.6. The van der Waals surface area contributed by atoms with Crippen molar-refractivity contribution in [3.05, 3.63) is 47.6 Å². The lowest BCUT2D eigenvalue weighted by Crippen LogP contribution is -2.59. The van der Waals surface area contributed by atoms with E-state index >= 15 is 0 Å². The fraction of sp³-hybridized carbons (Fsp3) is 0.764. The summed E-state index contributed by atoms with van der Waals surface area (Å²) in [6.45, 7) is 12.5. The number of hydrogen-bond donors (Lipinski definition) is 3. The van der Waals surface area contributed by atoms with Crippen LogP contribution in [0.3, 0.4) is 0 Å². The summed E-state index contributed by atoms with van der Waals surface area (Å²) in [5, 5.41) is 23.3. The fourth-order valence-electron chi connectivity index (χ4n) is 10.7. The first-order valence-electron chi connectivity index (χ1n) is 26.4. The van der Waals surface area contributed by atoms with Crippen molar-refractivity contribution in [1.82, 2.24) is 9.62 Å². The summed E-state index contributed by atoms with van der Waals surface area (Å²) in [6.07, 6.45) is 17.6. The molecular weight excluding hydrogens is 945 g/mol. The predicted octanol–water partition coefficient (Wildman–Crippen LogP) is 6.91. The van der Waals surface area contributed by atoms with E-state index in [4.69, 9.17) is 23.7 Å². The second-order valence-corrected chi connectivity index (χ2v) is 23.4. The smallest absolute Gasteiger partial charge is 0.328 e. The quantitative estimate of drug-likeness (QED) is 0.115. The molecule has 16 nitrogen and oxygen atoms in total. The van der Waals surface area contributed by atoms with Gasteiger partial charge in [0.05, 0.1) is 24.6 Å². The van der Waals surface area contributed by atoms with Crippen molar-refractivity contribution in [3.63, 3.8) is 0 Å². The highest BCUT2D eigenvalue weighted by atomic mass is 32.2. The first kappa shape index (κ1) is 61.1. The molecule has 2 bridgehead atoms. The number of carbonyl (C=O) groups excluding carboxylic acids is 5. The molecule has 1 saturated heterocycles. The largest absolute Gasteiger partial charge is 0.460 e. The SMILES string of the molecule is COC1C(=O)C(C)CC\C=C/C=C\C=C(\C)[C@@H](NS(C)(=O)=O)C[C@H]2CC[C@H](C)[C@](O)(O2)C(=O)C(=O)N(C)C(C)C(=O)OC([C@H](C)C[C@@H]2CC[C@@H](OCC3CCCCC3)[C@H](OC)C2)CC(=O)C(C)/C=C(/C)C1O. The number of nitrogens with zero attached hydrogens (tertiary/aromatic N) is 1. The molecule has 0 aromatic heterocycles. The Morgan fingerprint density at radius 1 is 0.861 bits per heavy atom. The molecule has 6 unspecified atom stereocenters. The number of nitrogens with one attached hydrogen (secondary N) is 1. The molecule has 2 heterocycles. The van der Waals surface area contributed by atoms with Crippen molar-refractivity contribution in [2.75, 3.05) is 34.1 Å². The lowest BCUT2D eigenvalue weighted by atomic mass is 9.78. The highest BCUT2D eigenvalue weighted by molar-refractivity contribution is 7.88. The molecule has 17 heteroatoms. The van der Waals surface area contributed by atoms with E-state index in [9.17, 15) is 42.6 Å². The number of esters is 1. The maximum absolute atomic E-state index is 14.2. The first-order chi connectivity index (χ1) is 33.9. The Balaban J connectivity index is 1.64. The van der Waals surface area contributed by atoms with Gasteiger partial charge in [-0.2, -0.15) is 0 Å². The van der Waals surface area contributed by atoms with Crippen molar-refractivity contribution in [3.8, 4) is 0 Å². The van der Waals surface area contributed by atoms with Crippen LogP contribution in [0.5, 0.6) is 0 Å². The number of carbonyl (C=O) groups is 5. The van der Waals surface area contributed by atoms with E-state index in [0.29, 0.717) is 42.7 Å². The Kier molecular flexibility index (Phi) is 24.2. The summed E-state index contributed by atoms with van der Waals surface area (Å²) in [5.74, 6) is -8.18. The molecule has 72 heavy (non-hydrogen) atoms. The number of likely N-dealkylation sites (N-methyl/N-ethyl adjacent to an activating group) is 1. The number of aliphatic hydroxyl groups is 2. The minimum absolute atomic E-state index is 0.0295. The first-order valence-corrected chi connectivity index (χ1v) is 28.3. The molecule has 0 aromatic rings. The molecule has 0 radical (unpaired) electrons. The van der Waals surface area contributed by atoms with E-state index in [0.717, 1.165) is 37.0 Å². The Labute approximate surface area is 430 Å². The van der Waals surface area contributed by atoms with Crippen LogP contribution in [0.15, 0.2) is 47.6 Å². The van der Waals surface area contributed by atoms with Crippen molar-refractivity contribution in [2.45, 2.75) is 199 Å². The average molecular weight is 1030 g/mol. The Morgan fingerprint density at radius 2 is 1.56 bits per heavy atom. The molecule has 2 aliphatic heterocycles. The normalized spacial score (nSPS) is 37.5. The van der Waals surface area contributed by atoms with E-state index in [1.54, 1.807) is 72.1 Å². The molecular formula is C55H88N2O14S. The van der Waals surface area contributed by atoms with Crippen LogP contribution in [-0.2, 0) is 57.7 Å². The van der Waals surface area contributed by atoms with Gasteiger partial charge in [-0.15, -0.1) is 0 Å². The van der Waals surface area contributed by atoms with Gasteiger partial charge in [0, 0.05) is 58.1 Å². The molecule has 1 amide bonds. The van der Waals surface area contributed by atoms with Crippen LogP contribution in [-0.4, -0.2) is 141 Å². The highest BCUT2D eigenvalue weighted by Crippen LogP contribution is 2.38. The van der Waals surface area contributed by atoms with Crippen LogP contribution >= 0.6 is 0 Å². The fourth-order valence-corrected chi connectivity index (χ4v) is 11.5. The molecule has 2 saturated carbocycles. The van der Waals surface area contributed by atoms with Gasteiger partial charge in [-0.3, -0.25) is 19.2 Å². The van der Waals surface area contributed by atoms with E-state index in [1.165, 1.54) is 53.2 Å². The summed E-state index contributed by atoms with van der Waals surface area (Å²) >= 11 is 0. The average Bonchev–Trinajstić information content (AvgIpc) is 3.34. The maximum atomic E-state index is 14.2. The van der Waals surface area contributed by atoms with E-state index in [1.807, 2.05) is 13.0 Å². The molecule has 2 aliphatic carbocycles. The summed E-state index contributed by atoms with van der Waals surface area (Å²) in [7, 11) is 0.579. The number of Topliss-reactive ketones (excluding diaryl/α,β-unsaturated/α-hetero) is 3. The predicted molar refractivity (Wildman–Crippen MR) is 275 cm³/mol. The summed E-state index contributed by atoms with van der Waals surface area (Å²) in [4.78, 5) is 71.0. The maximum Gasteiger partial charge on any atom is 0.328 e. The standard InChI is InChI=1S/C55H88N2O14S/c1-34-20-16-13-12-14-17-21-35(2)49(59)51(68-10)50(60)38(5)28-36(3)45(58)32-47(37(4)29-42-25-27-46(48(30-42)67-9)69-33-41-22-18-15-19-23-41)70-54(63)40(7)57(8)53(62)52(61)55(64)39(6)24-26-43(71-55)31-44(34)56-72(11,65)66/h12-14,16,20,28,35-37,39-44,46-48,50-51,56,60,64H,15,17-19,21-27,29-33H2,1-11H3/b14-12-,16-13-,34-20-,38-28-/t35?,36?,37-,39+,40?,42+,43-,44+,46-,47?,48-,50?,51?,55+/m1/s1. The van der Waals surface area contributed by atoms with Crippen LogP contribution in [0.25, 0.3) is 0 Å². The van der Waals surface area contributed by atoms with Gasteiger partial charge in [-0.25, -0.2) is 17.9 Å². The van der Waals surface area contributed by atoms with Crippen LogP contribution in [0.1, 0.15) is 145 Å². The van der Waals surface area contributed by atoms with Gasteiger partial charge in [0.2, 0.25) is 15.8 Å². The lowest BCUT2D eigenvalue weighted by molar-refractivity contribution is -0.263. The van der Waals surface area contributed by atoms with Gasteiger partial charge in [0.15, 0.2) is 5.78 Å². The van der Waals surface area contributed by atoms with E-state index in [-0.39, 0.29) is 54.9 Å². The third-order valence-corrected chi connectivity index (χ3v) is 16.5. The van der Waals surface area contributed by atoms with E-state index < -0.39 is 87.7 Å². The van der Waals surface area contributed by atoms with Gasteiger partial charge < -0.3 is 38.8 Å². The van der Waals surface area contributed by atoms with Crippen molar-refractivity contribution < 1.29 is 66.3 Å². The van der Waals surface area contributed by atoms with Crippen LogP contribution in [0.4, 0.5) is 0 Å². The third kappa shape index (κ3) is 17.6. The minimum Gasteiger partial charge on any atom is -0.460 e. The van der Waals surface area contributed by atoms with Gasteiger partial charge in [-0.1, -0.05) is 89.0 Å². The molecule has 408 valence electrons. The molecule has 0 aromatic carbocycles. The molecule has 3 fully saturated rings. The molecule has 14 atom stereocenters. The minimum atomic E-state index is -3.73. The summed E-state index contributed by atoms with van der Waals surface area (Å²) in [5.41, 5.74) is 0.985. The Bertz CT molecular complexity index is 2060. The highest BCUT2D eigenvalue weighted by Gasteiger charge is 2.52. The van der Waals surface area contributed by atoms with Crippen LogP contribution in [0.2, 0.25) is 0 Å². The zero-order valence-electron chi connectivity index (χ0n) is 45.0. The van der Waals surface area contributed by atoms with Gasteiger partial charge >= 0.3 is 5.97 Å². The number of cyclic esters (lactones) is 1. The number of methoxy groups -OCH3 is 2. The monoisotopic (exact) mass is 1030 g/mol. The number of amides is 1. The summed E-state index contributed by atoms with van der Waals surface area (Å²) < 4.78 is 57.9. The number of ether oxygens (including phenoxy) is 5. The second kappa shape index (κ2) is 28.5. The zero-order valence-corrected chi connectivity index (χ0v) is 45.8. The molecule has 0 spiro atoms. The van der Waals surface area contributed by atoms with Gasteiger partial charge in [0.25, 0.3) is 11.7 Å². The zero-order chi connectivity index (χ0) is 53.5. The molecule has 3 N–H and O–H groups in total. The van der Waals surface area contributed by atoms with Crippen molar-refractivity contribution >= 4 is 39.2 Å². The Morgan fingerprint density at radius 3 is 2.21 bits per heavy atom.